The molecule has 0 amide bonds. The molecule has 0 saturated heterocycles. The number of H-pyrrole nitrogens is 1. The first-order valence-electron chi connectivity index (χ1n) is 7.11. The van der Waals surface area contributed by atoms with Gasteiger partial charge in [0, 0.05) is 25.3 Å². The number of benzene rings is 1. The zero-order valence-corrected chi connectivity index (χ0v) is 12.2. The van der Waals surface area contributed by atoms with E-state index in [0.717, 1.165) is 5.69 Å². The van der Waals surface area contributed by atoms with Gasteiger partial charge in [-0.2, -0.15) is 10.1 Å². The summed E-state index contributed by atoms with van der Waals surface area (Å²) in [5.41, 5.74) is 2.99. The minimum absolute atomic E-state index is 0.206. The normalized spacial score (nSPS) is 10.8. The predicted octanol–water partition coefficient (Wildman–Crippen LogP) is 1.84. The van der Waals surface area contributed by atoms with E-state index in [2.05, 4.69) is 39.4 Å². The van der Waals surface area contributed by atoms with Gasteiger partial charge in [0.15, 0.2) is 5.82 Å². The molecule has 112 valence electrons. The van der Waals surface area contributed by atoms with Crippen molar-refractivity contribution in [3.05, 3.63) is 75.3 Å². The fraction of sp³-hybridized carbons (Fsp3) is 0.250. The summed E-state index contributed by atoms with van der Waals surface area (Å²) >= 11 is 0. The summed E-state index contributed by atoms with van der Waals surface area (Å²) in [6, 6.07) is 11.3. The van der Waals surface area contributed by atoms with Gasteiger partial charge in [-0.3, -0.25) is 4.79 Å². The minimum atomic E-state index is -0.206. The average Bonchev–Trinajstić information content (AvgIpc) is 2.97. The Balaban J connectivity index is 1.63. The fourth-order valence-electron chi connectivity index (χ4n) is 2.19. The molecule has 0 unspecified atom stereocenters. The maximum Gasteiger partial charge on any atom is 0.264 e. The summed E-state index contributed by atoms with van der Waals surface area (Å²) in [5.74, 6) is 1.26. The minimum Gasteiger partial charge on any atom is -0.339 e. The largest absolute Gasteiger partial charge is 0.339 e. The van der Waals surface area contributed by atoms with E-state index in [0.29, 0.717) is 31.0 Å². The molecule has 6 heteroatoms. The van der Waals surface area contributed by atoms with Gasteiger partial charge in [0.2, 0.25) is 5.89 Å². The summed E-state index contributed by atoms with van der Waals surface area (Å²) in [4.78, 5) is 15.3. The van der Waals surface area contributed by atoms with Crippen molar-refractivity contribution in [1.29, 1.82) is 0 Å². The molecule has 0 aliphatic heterocycles. The average molecular weight is 296 g/mol. The fourth-order valence-corrected chi connectivity index (χ4v) is 2.19. The third kappa shape index (κ3) is 3.46. The SMILES string of the molecule is Cc1ccccc1Cc1noc(CCc2ccc(=O)[nH]n2)n1. The van der Waals surface area contributed by atoms with Crippen LogP contribution in [0.4, 0.5) is 0 Å². The topological polar surface area (TPSA) is 84.7 Å². The lowest BCUT2D eigenvalue weighted by molar-refractivity contribution is 0.373. The molecule has 0 bridgehead atoms. The van der Waals surface area contributed by atoms with Crippen LogP contribution in [0.25, 0.3) is 0 Å². The molecule has 2 aromatic heterocycles. The Morgan fingerprint density at radius 1 is 1.14 bits per heavy atom. The number of nitrogens with zero attached hydrogens (tertiary/aromatic N) is 3. The second kappa shape index (κ2) is 6.34. The van der Waals surface area contributed by atoms with Crippen LogP contribution in [-0.4, -0.2) is 20.3 Å². The number of rotatable bonds is 5. The van der Waals surface area contributed by atoms with Gasteiger partial charge in [0.25, 0.3) is 5.56 Å². The molecule has 3 rings (SSSR count). The van der Waals surface area contributed by atoms with Gasteiger partial charge < -0.3 is 4.52 Å². The third-order valence-corrected chi connectivity index (χ3v) is 3.45. The molecule has 0 fully saturated rings. The number of aromatic nitrogens is 4. The van der Waals surface area contributed by atoms with Crippen LogP contribution < -0.4 is 5.56 Å². The standard InChI is InChI=1S/C16H16N4O2/c1-11-4-2-3-5-12(11)10-14-17-16(22-20-14)9-7-13-6-8-15(21)19-18-13/h2-6,8H,7,9-10H2,1H3,(H,19,21). The zero-order chi connectivity index (χ0) is 15.4. The number of aryl methyl sites for hydroxylation is 3. The Kier molecular flexibility index (Phi) is 4.09. The van der Waals surface area contributed by atoms with Crippen molar-refractivity contribution in [3.8, 4) is 0 Å². The van der Waals surface area contributed by atoms with Gasteiger partial charge in [0.05, 0.1) is 5.69 Å². The molecule has 3 aromatic rings. The third-order valence-electron chi connectivity index (χ3n) is 3.45. The molecule has 1 N–H and O–H groups in total. The molecule has 2 heterocycles. The summed E-state index contributed by atoms with van der Waals surface area (Å²) in [7, 11) is 0. The molecule has 22 heavy (non-hydrogen) atoms. The molecule has 0 spiro atoms. The second-order valence-corrected chi connectivity index (χ2v) is 5.12. The quantitative estimate of drug-likeness (QED) is 0.776. The maximum atomic E-state index is 10.9. The molecule has 6 nitrogen and oxygen atoms in total. The molecular weight excluding hydrogens is 280 g/mol. The van der Waals surface area contributed by atoms with Crippen LogP contribution in [0.1, 0.15) is 28.5 Å². The van der Waals surface area contributed by atoms with E-state index < -0.39 is 0 Å². The monoisotopic (exact) mass is 296 g/mol. The molecule has 0 radical (unpaired) electrons. The van der Waals surface area contributed by atoms with Crippen LogP contribution in [-0.2, 0) is 19.3 Å². The van der Waals surface area contributed by atoms with Crippen LogP contribution in [0, 0.1) is 6.92 Å². The lowest BCUT2D eigenvalue weighted by atomic mass is 10.1. The van der Waals surface area contributed by atoms with E-state index >= 15 is 0 Å². The van der Waals surface area contributed by atoms with E-state index in [1.165, 1.54) is 17.2 Å². The first-order valence-corrected chi connectivity index (χ1v) is 7.11. The Bertz CT molecular complexity index is 802. The highest BCUT2D eigenvalue weighted by Gasteiger charge is 2.09. The Morgan fingerprint density at radius 3 is 2.77 bits per heavy atom. The van der Waals surface area contributed by atoms with Crippen molar-refractivity contribution in [3.63, 3.8) is 0 Å². The smallest absolute Gasteiger partial charge is 0.264 e. The Labute approximate surface area is 127 Å². The Morgan fingerprint density at radius 2 is 2.00 bits per heavy atom. The number of aromatic amines is 1. The first kappa shape index (κ1) is 14.2. The molecule has 0 atom stereocenters. The van der Waals surface area contributed by atoms with Crippen LogP contribution in [0.3, 0.4) is 0 Å². The molecule has 0 aliphatic rings. The molecule has 0 saturated carbocycles. The van der Waals surface area contributed by atoms with E-state index in [1.807, 2.05) is 12.1 Å². The Hall–Kier alpha value is -2.76. The van der Waals surface area contributed by atoms with Crippen molar-refractivity contribution in [2.75, 3.05) is 0 Å². The van der Waals surface area contributed by atoms with Gasteiger partial charge in [-0.15, -0.1) is 0 Å². The van der Waals surface area contributed by atoms with Crippen molar-refractivity contribution < 1.29 is 4.52 Å². The van der Waals surface area contributed by atoms with Gasteiger partial charge >= 0.3 is 0 Å². The summed E-state index contributed by atoms with van der Waals surface area (Å²) in [6.45, 7) is 2.07. The lowest BCUT2D eigenvalue weighted by Gasteiger charge is -2.00. The highest BCUT2D eigenvalue weighted by Crippen LogP contribution is 2.12. The first-order chi connectivity index (χ1) is 10.7. The predicted molar refractivity (Wildman–Crippen MR) is 80.5 cm³/mol. The van der Waals surface area contributed by atoms with Gasteiger partial charge in [-0.25, -0.2) is 5.10 Å². The van der Waals surface area contributed by atoms with Crippen LogP contribution >= 0.6 is 0 Å². The van der Waals surface area contributed by atoms with E-state index in [1.54, 1.807) is 6.07 Å². The van der Waals surface area contributed by atoms with Gasteiger partial charge in [0.1, 0.15) is 0 Å². The van der Waals surface area contributed by atoms with Crippen molar-refractivity contribution in [2.24, 2.45) is 0 Å². The van der Waals surface area contributed by atoms with Crippen molar-refractivity contribution in [1.82, 2.24) is 20.3 Å². The van der Waals surface area contributed by atoms with Crippen LogP contribution in [0.5, 0.6) is 0 Å². The van der Waals surface area contributed by atoms with Crippen LogP contribution in [0.2, 0.25) is 0 Å². The van der Waals surface area contributed by atoms with Gasteiger partial charge in [-0.1, -0.05) is 29.4 Å². The van der Waals surface area contributed by atoms with Crippen molar-refractivity contribution >= 4 is 0 Å². The summed E-state index contributed by atoms with van der Waals surface area (Å²) < 4.78 is 5.26. The maximum absolute atomic E-state index is 10.9. The highest BCUT2D eigenvalue weighted by molar-refractivity contribution is 5.27. The van der Waals surface area contributed by atoms with E-state index in [4.69, 9.17) is 4.52 Å². The number of hydrogen-bond acceptors (Lipinski definition) is 5. The van der Waals surface area contributed by atoms with Crippen LogP contribution in [0.15, 0.2) is 45.7 Å². The number of nitrogens with one attached hydrogen (secondary N) is 1. The molecular formula is C16H16N4O2. The van der Waals surface area contributed by atoms with Crippen molar-refractivity contribution in [2.45, 2.75) is 26.2 Å². The van der Waals surface area contributed by atoms with E-state index in [9.17, 15) is 4.79 Å². The lowest BCUT2D eigenvalue weighted by Crippen LogP contribution is -2.08. The molecule has 1 aromatic carbocycles. The number of hydrogen-bond donors (Lipinski definition) is 1. The van der Waals surface area contributed by atoms with E-state index in [-0.39, 0.29) is 5.56 Å². The second-order valence-electron chi connectivity index (χ2n) is 5.12. The van der Waals surface area contributed by atoms with Gasteiger partial charge in [-0.05, 0) is 24.1 Å². The summed E-state index contributed by atoms with van der Waals surface area (Å²) in [6.07, 6.45) is 1.90. The zero-order valence-electron chi connectivity index (χ0n) is 12.2. The molecule has 0 aliphatic carbocycles. The summed E-state index contributed by atoms with van der Waals surface area (Å²) in [5, 5.41) is 10.4. The highest BCUT2D eigenvalue weighted by atomic mass is 16.5.